The van der Waals surface area contributed by atoms with Crippen molar-refractivity contribution in [1.82, 2.24) is 9.97 Å². The number of ether oxygens (including phenoxy) is 6. The molecule has 0 amide bonds. The minimum absolute atomic E-state index is 0.504. The van der Waals surface area contributed by atoms with Crippen LogP contribution >= 0.6 is 0 Å². The van der Waals surface area contributed by atoms with Crippen LogP contribution in [-0.4, -0.2) is 83.1 Å². The van der Waals surface area contributed by atoms with Crippen LogP contribution in [0.5, 0.6) is 0 Å². The number of H-pyrrole nitrogens is 1. The molecule has 2 N–H and O–H groups in total. The molecule has 0 aliphatic carbocycles. The highest BCUT2D eigenvalue weighted by Crippen LogP contribution is 2.23. The Labute approximate surface area is 245 Å². The van der Waals surface area contributed by atoms with Gasteiger partial charge < -0.3 is 38.7 Å². The van der Waals surface area contributed by atoms with Crippen LogP contribution in [0.3, 0.4) is 0 Å². The summed E-state index contributed by atoms with van der Waals surface area (Å²) >= 11 is 0. The SMILES string of the molecule is C=C(C)/C(O/C(=C\C)c1ccc(NC)cc1)=c1/nc(CCOCCOCCOCCOCCOCCC)[nH]/c1=C/C. The Morgan fingerprint density at radius 1 is 0.854 bits per heavy atom. The van der Waals surface area contributed by atoms with Crippen molar-refractivity contribution >= 4 is 23.3 Å². The first-order valence-electron chi connectivity index (χ1n) is 14.5. The van der Waals surface area contributed by atoms with E-state index in [1.54, 1.807) is 0 Å². The van der Waals surface area contributed by atoms with E-state index in [0.29, 0.717) is 71.6 Å². The molecule has 1 aromatic carbocycles. The van der Waals surface area contributed by atoms with Gasteiger partial charge in [0.1, 0.15) is 16.9 Å². The second-order valence-corrected chi connectivity index (χ2v) is 9.24. The first-order valence-corrected chi connectivity index (χ1v) is 14.5. The Hall–Kier alpha value is -2.95. The Kier molecular flexibility index (Phi) is 17.4. The summed E-state index contributed by atoms with van der Waals surface area (Å²) in [5.74, 6) is 2.20. The Morgan fingerprint density at radius 3 is 1.85 bits per heavy atom. The summed E-state index contributed by atoms with van der Waals surface area (Å²) in [4.78, 5) is 8.21. The highest BCUT2D eigenvalue weighted by atomic mass is 16.6. The second-order valence-electron chi connectivity index (χ2n) is 9.24. The predicted octanol–water partition coefficient (Wildman–Crippen LogP) is 4.05. The van der Waals surface area contributed by atoms with E-state index in [1.165, 1.54) is 0 Å². The standard InChI is InChI=1S/C32H49N3O6/c1-7-15-36-17-19-38-21-23-40-24-22-39-20-18-37-16-14-30-34-28(8-2)31(35-30)32(25(4)5)41-29(9-3)26-10-12-27(33-6)13-11-26/h8-13,33H,4,7,14-24H2,1-3,5-6H3,(H,34,35)/b28-8+,29-9-,32-31-. The summed E-state index contributed by atoms with van der Waals surface area (Å²) in [6, 6.07) is 8.08. The van der Waals surface area contributed by atoms with E-state index in [9.17, 15) is 0 Å². The minimum Gasteiger partial charge on any atom is -0.454 e. The smallest absolute Gasteiger partial charge is 0.157 e. The number of rotatable bonds is 22. The molecule has 2 rings (SSSR count). The van der Waals surface area contributed by atoms with Crippen molar-refractivity contribution < 1.29 is 28.4 Å². The maximum atomic E-state index is 6.38. The third kappa shape index (κ3) is 13.1. The van der Waals surface area contributed by atoms with E-state index in [4.69, 9.17) is 33.4 Å². The van der Waals surface area contributed by atoms with Crippen molar-refractivity contribution in [3.05, 3.63) is 64.6 Å². The van der Waals surface area contributed by atoms with E-state index in [2.05, 4.69) is 23.8 Å². The first kappa shape index (κ1) is 34.3. The van der Waals surface area contributed by atoms with Gasteiger partial charge in [0.2, 0.25) is 0 Å². The fraction of sp³-hybridized carbons (Fsp3) is 0.531. The van der Waals surface area contributed by atoms with Crippen molar-refractivity contribution in [2.75, 3.05) is 78.4 Å². The molecule has 0 atom stereocenters. The lowest BCUT2D eigenvalue weighted by Crippen LogP contribution is -2.28. The third-order valence-corrected chi connectivity index (χ3v) is 5.92. The van der Waals surface area contributed by atoms with E-state index >= 15 is 0 Å². The van der Waals surface area contributed by atoms with Gasteiger partial charge in [0.05, 0.1) is 64.8 Å². The number of allylic oxidation sites excluding steroid dienone is 1. The predicted molar refractivity (Wildman–Crippen MR) is 165 cm³/mol. The zero-order valence-electron chi connectivity index (χ0n) is 25.6. The van der Waals surface area contributed by atoms with Gasteiger partial charge in [-0.15, -0.1) is 0 Å². The molecule has 1 aromatic heterocycles. The maximum Gasteiger partial charge on any atom is 0.157 e. The van der Waals surface area contributed by atoms with Crippen molar-refractivity contribution in [2.45, 2.75) is 40.5 Å². The van der Waals surface area contributed by atoms with Gasteiger partial charge in [-0.2, -0.15) is 0 Å². The number of imidazole rings is 1. The molecule has 0 saturated heterocycles. The van der Waals surface area contributed by atoms with Crippen molar-refractivity contribution in [1.29, 1.82) is 0 Å². The molecule has 1 heterocycles. The van der Waals surface area contributed by atoms with Crippen LogP contribution in [0.4, 0.5) is 5.69 Å². The molecule has 0 bridgehead atoms. The van der Waals surface area contributed by atoms with Crippen molar-refractivity contribution in [3.63, 3.8) is 0 Å². The maximum absolute atomic E-state index is 6.38. The highest BCUT2D eigenvalue weighted by molar-refractivity contribution is 5.69. The monoisotopic (exact) mass is 571 g/mol. The fourth-order valence-electron chi connectivity index (χ4n) is 3.77. The lowest BCUT2D eigenvalue weighted by molar-refractivity contribution is -0.0108. The van der Waals surface area contributed by atoms with Crippen molar-refractivity contribution in [2.24, 2.45) is 0 Å². The zero-order chi connectivity index (χ0) is 29.7. The van der Waals surface area contributed by atoms with Crippen LogP contribution in [0.25, 0.3) is 17.6 Å². The molecule has 2 aromatic rings. The number of anilines is 1. The lowest BCUT2D eigenvalue weighted by atomic mass is 10.1. The van der Waals surface area contributed by atoms with Gasteiger partial charge in [-0.25, -0.2) is 4.98 Å². The molecule has 0 saturated carbocycles. The van der Waals surface area contributed by atoms with Gasteiger partial charge in [-0.3, -0.25) is 0 Å². The lowest BCUT2D eigenvalue weighted by Gasteiger charge is -2.13. The van der Waals surface area contributed by atoms with E-state index < -0.39 is 0 Å². The summed E-state index contributed by atoms with van der Waals surface area (Å²) in [6.45, 7) is 17.8. The molecule has 0 aliphatic rings. The zero-order valence-corrected chi connectivity index (χ0v) is 25.6. The van der Waals surface area contributed by atoms with E-state index in [-0.39, 0.29) is 0 Å². The third-order valence-electron chi connectivity index (χ3n) is 5.92. The second kappa shape index (κ2) is 20.9. The Bertz CT molecular complexity index is 1160. The van der Waals surface area contributed by atoms with Gasteiger partial charge in [0.15, 0.2) is 5.76 Å². The Balaban J connectivity index is 1.76. The molecular formula is C32H49N3O6. The minimum atomic E-state index is 0.504. The summed E-state index contributed by atoms with van der Waals surface area (Å²) in [5, 5.41) is 4.76. The van der Waals surface area contributed by atoms with E-state index in [0.717, 1.165) is 52.1 Å². The van der Waals surface area contributed by atoms with Crippen LogP contribution in [-0.2, 0) is 34.8 Å². The summed E-state index contributed by atoms with van der Waals surface area (Å²) < 4.78 is 34.0. The number of aromatic amines is 1. The molecule has 0 spiro atoms. The quantitative estimate of drug-likeness (QED) is 0.162. The van der Waals surface area contributed by atoms with Gasteiger partial charge in [-0.1, -0.05) is 19.6 Å². The molecule has 9 heteroatoms. The van der Waals surface area contributed by atoms with Gasteiger partial charge in [0, 0.05) is 31.3 Å². The number of benzene rings is 1. The Morgan fingerprint density at radius 2 is 1.39 bits per heavy atom. The number of nitrogens with zero attached hydrogens (tertiary/aromatic N) is 1. The van der Waals surface area contributed by atoms with E-state index in [1.807, 2.05) is 64.2 Å². The van der Waals surface area contributed by atoms with Gasteiger partial charge in [0.25, 0.3) is 0 Å². The van der Waals surface area contributed by atoms with Crippen LogP contribution in [0, 0.1) is 0 Å². The fourth-order valence-corrected chi connectivity index (χ4v) is 3.77. The number of hydrogen-bond acceptors (Lipinski definition) is 8. The normalized spacial score (nSPS) is 13.0. The molecule has 0 aliphatic heterocycles. The van der Waals surface area contributed by atoms with Gasteiger partial charge >= 0.3 is 0 Å². The van der Waals surface area contributed by atoms with Crippen molar-refractivity contribution in [3.8, 4) is 0 Å². The molecule has 228 valence electrons. The largest absolute Gasteiger partial charge is 0.454 e. The topological polar surface area (TPSA) is 96.1 Å². The summed E-state index contributed by atoms with van der Waals surface area (Å²) in [6.07, 6.45) is 5.59. The average Bonchev–Trinajstić information content (AvgIpc) is 3.40. The molecular weight excluding hydrogens is 522 g/mol. The molecule has 0 fully saturated rings. The first-order chi connectivity index (χ1) is 20.0. The molecule has 0 radical (unpaired) electrons. The molecule has 0 unspecified atom stereocenters. The highest BCUT2D eigenvalue weighted by Gasteiger charge is 2.12. The van der Waals surface area contributed by atoms with Crippen LogP contribution in [0.2, 0.25) is 0 Å². The average molecular weight is 572 g/mol. The number of hydrogen-bond donors (Lipinski definition) is 2. The summed E-state index contributed by atoms with van der Waals surface area (Å²) in [7, 11) is 1.90. The number of aromatic nitrogens is 2. The van der Waals surface area contributed by atoms with Crippen LogP contribution in [0.15, 0.2) is 42.5 Å². The van der Waals surface area contributed by atoms with Crippen LogP contribution < -0.4 is 16.0 Å². The molecule has 9 nitrogen and oxygen atoms in total. The number of nitrogens with one attached hydrogen (secondary N) is 2. The van der Waals surface area contributed by atoms with Gasteiger partial charge in [-0.05, 0) is 63.1 Å². The molecule has 41 heavy (non-hydrogen) atoms. The van der Waals surface area contributed by atoms with Crippen LogP contribution in [0.1, 0.15) is 45.5 Å². The summed E-state index contributed by atoms with van der Waals surface area (Å²) in [5.41, 5.74) is 2.80.